The highest BCUT2D eigenvalue weighted by molar-refractivity contribution is 7.93. The summed E-state index contributed by atoms with van der Waals surface area (Å²) in [4.78, 5) is 16.4. The van der Waals surface area contributed by atoms with Crippen LogP contribution in [0.25, 0.3) is 0 Å². The molecule has 0 aliphatic carbocycles. The first-order chi connectivity index (χ1) is 17.1. The summed E-state index contributed by atoms with van der Waals surface area (Å²) in [5.41, 5.74) is 0.691. The molecule has 0 radical (unpaired) electrons. The van der Waals surface area contributed by atoms with Gasteiger partial charge < -0.3 is 5.32 Å². The van der Waals surface area contributed by atoms with E-state index in [4.69, 9.17) is 11.6 Å². The van der Waals surface area contributed by atoms with Crippen molar-refractivity contribution in [3.63, 3.8) is 0 Å². The van der Waals surface area contributed by atoms with Crippen molar-refractivity contribution in [1.82, 2.24) is 4.98 Å². The second-order valence-corrected chi connectivity index (χ2v) is 11.2. The van der Waals surface area contributed by atoms with Crippen LogP contribution in [0, 0.1) is 0 Å². The van der Waals surface area contributed by atoms with Crippen LogP contribution < -0.4 is 14.8 Å². The fourth-order valence-corrected chi connectivity index (χ4v) is 5.70. The van der Waals surface area contributed by atoms with Crippen LogP contribution in [0.5, 0.6) is 0 Å². The summed E-state index contributed by atoms with van der Waals surface area (Å²) in [6.45, 7) is 0. The van der Waals surface area contributed by atoms with Crippen molar-refractivity contribution < 1.29 is 21.6 Å². The van der Waals surface area contributed by atoms with Crippen LogP contribution in [0.3, 0.4) is 0 Å². The largest absolute Gasteiger partial charge is 0.322 e. The molecule has 0 aliphatic rings. The number of carbonyl (C=O) groups is 1. The number of anilines is 3. The number of halogens is 1. The molecule has 0 saturated carbocycles. The zero-order chi connectivity index (χ0) is 25.8. The van der Waals surface area contributed by atoms with Crippen molar-refractivity contribution in [3.8, 4) is 0 Å². The molecule has 1 heterocycles. The van der Waals surface area contributed by atoms with Crippen LogP contribution >= 0.6 is 11.6 Å². The van der Waals surface area contributed by atoms with Crippen LogP contribution in [0.1, 0.15) is 10.4 Å². The Morgan fingerprint density at radius 1 is 0.722 bits per heavy atom. The van der Waals surface area contributed by atoms with Gasteiger partial charge in [-0.25, -0.2) is 21.8 Å². The first kappa shape index (κ1) is 25.2. The number of hydrogen-bond donors (Lipinski definition) is 3. The maximum atomic E-state index is 12.8. The molecule has 184 valence electrons. The molecule has 4 aromatic rings. The first-order valence-electron chi connectivity index (χ1n) is 10.4. The summed E-state index contributed by atoms with van der Waals surface area (Å²) in [7, 11) is -7.94. The summed E-state index contributed by atoms with van der Waals surface area (Å²) in [5.74, 6) is -0.435. The smallest absolute Gasteiger partial charge is 0.263 e. The number of amides is 1. The van der Waals surface area contributed by atoms with Crippen LogP contribution in [0.15, 0.2) is 107 Å². The van der Waals surface area contributed by atoms with Crippen LogP contribution in [0.2, 0.25) is 5.02 Å². The molecule has 36 heavy (non-hydrogen) atoms. The third-order valence-corrected chi connectivity index (χ3v) is 8.07. The van der Waals surface area contributed by atoms with E-state index < -0.39 is 26.0 Å². The number of nitrogens with one attached hydrogen (secondary N) is 3. The molecule has 0 bridgehead atoms. The van der Waals surface area contributed by atoms with Crippen molar-refractivity contribution in [3.05, 3.63) is 108 Å². The summed E-state index contributed by atoms with van der Waals surface area (Å²) >= 11 is 6.11. The zero-order valence-corrected chi connectivity index (χ0v) is 20.8. The Kier molecular flexibility index (Phi) is 7.25. The van der Waals surface area contributed by atoms with Crippen molar-refractivity contribution in [2.75, 3.05) is 14.8 Å². The molecule has 1 aromatic heterocycles. The van der Waals surface area contributed by atoms with Gasteiger partial charge in [-0.15, -0.1) is 0 Å². The minimum absolute atomic E-state index is 0.0296. The Labute approximate surface area is 213 Å². The third kappa shape index (κ3) is 6.00. The predicted octanol–water partition coefficient (Wildman–Crippen LogP) is 4.59. The van der Waals surface area contributed by atoms with Gasteiger partial charge in [0, 0.05) is 23.1 Å². The van der Waals surface area contributed by atoms with E-state index in [1.807, 2.05) is 0 Å². The van der Waals surface area contributed by atoms with Gasteiger partial charge in [-0.2, -0.15) is 0 Å². The fourth-order valence-electron chi connectivity index (χ4n) is 3.11. The SMILES string of the molecule is O=C(Nc1ccc(S(=O)(=O)Nc2ccccn2)cc1)c1ccc(Cl)c(S(=O)(=O)Nc2ccccc2)c1. The van der Waals surface area contributed by atoms with E-state index >= 15 is 0 Å². The lowest BCUT2D eigenvalue weighted by atomic mass is 10.2. The molecule has 3 N–H and O–H groups in total. The predicted molar refractivity (Wildman–Crippen MR) is 138 cm³/mol. The number of hydrogen-bond acceptors (Lipinski definition) is 6. The second kappa shape index (κ2) is 10.4. The fraction of sp³-hybridized carbons (Fsp3) is 0. The van der Waals surface area contributed by atoms with Gasteiger partial charge in [0.15, 0.2) is 0 Å². The normalized spacial score (nSPS) is 11.5. The highest BCUT2D eigenvalue weighted by Crippen LogP contribution is 2.26. The Bertz CT molecular complexity index is 1600. The molecule has 0 fully saturated rings. The first-order valence-corrected chi connectivity index (χ1v) is 13.7. The van der Waals surface area contributed by atoms with Gasteiger partial charge in [-0.1, -0.05) is 35.9 Å². The average Bonchev–Trinajstić information content (AvgIpc) is 2.85. The Balaban J connectivity index is 1.50. The Hall–Kier alpha value is -3.93. The maximum Gasteiger partial charge on any atom is 0.263 e. The van der Waals surface area contributed by atoms with Crippen LogP contribution in [0.4, 0.5) is 17.2 Å². The number of rotatable bonds is 8. The van der Waals surface area contributed by atoms with E-state index in [2.05, 4.69) is 19.7 Å². The van der Waals surface area contributed by atoms with Crippen LogP contribution in [-0.2, 0) is 20.0 Å². The van der Waals surface area contributed by atoms with E-state index in [9.17, 15) is 21.6 Å². The summed E-state index contributed by atoms with van der Waals surface area (Å²) in [6, 6.07) is 22.4. The Morgan fingerprint density at radius 3 is 2.08 bits per heavy atom. The summed E-state index contributed by atoms with van der Waals surface area (Å²) in [6.07, 6.45) is 1.46. The third-order valence-electron chi connectivity index (χ3n) is 4.84. The van der Waals surface area contributed by atoms with E-state index in [1.165, 1.54) is 54.7 Å². The molecule has 12 heteroatoms. The number of sulfonamides is 2. The molecule has 3 aromatic carbocycles. The lowest BCUT2D eigenvalue weighted by Gasteiger charge is -2.12. The van der Waals surface area contributed by atoms with Crippen molar-refractivity contribution in [2.24, 2.45) is 0 Å². The standard InChI is InChI=1S/C24H19ClN4O5S2/c25-21-14-9-17(16-22(21)36(33,34)28-19-6-2-1-3-7-19)24(30)27-18-10-12-20(13-11-18)35(31,32)29-23-8-4-5-15-26-23/h1-16,28H,(H,26,29)(H,27,30). The van der Waals surface area contributed by atoms with Gasteiger partial charge >= 0.3 is 0 Å². The van der Waals surface area contributed by atoms with Crippen LogP contribution in [-0.4, -0.2) is 27.7 Å². The molecule has 4 rings (SSSR count). The van der Waals surface area contributed by atoms with Gasteiger partial charge in [-0.05, 0) is 66.7 Å². The van der Waals surface area contributed by atoms with Gasteiger partial charge in [0.1, 0.15) is 10.7 Å². The minimum Gasteiger partial charge on any atom is -0.322 e. The Morgan fingerprint density at radius 2 is 1.42 bits per heavy atom. The molecule has 0 aliphatic heterocycles. The van der Waals surface area contributed by atoms with Crippen molar-refractivity contribution in [1.29, 1.82) is 0 Å². The maximum absolute atomic E-state index is 12.8. The molecular formula is C24H19ClN4O5S2. The molecule has 0 atom stereocenters. The number of pyridine rings is 1. The summed E-state index contributed by atoms with van der Waals surface area (Å²) < 4.78 is 55.5. The van der Waals surface area contributed by atoms with E-state index in [1.54, 1.807) is 42.5 Å². The van der Waals surface area contributed by atoms with E-state index in [0.717, 1.165) is 0 Å². The van der Waals surface area contributed by atoms with Crippen molar-refractivity contribution >= 4 is 54.7 Å². The average molecular weight is 543 g/mol. The zero-order valence-electron chi connectivity index (χ0n) is 18.4. The number of carbonyl (C=O) groups excluding carboxylic acids is 1. The highest BCUT2D eigenvalue weighted by Gasteiger charge is 2.21. The topological polar surface area (TPSA) is 134 Å². The lowest BCUT2D eigenvalue weighted by molar-refractivity contribution is 0.102. The molecule has 9 nitrogen and oxygen atoms in total. The highest BCUT2D eigenvalue weighted by atomic mass is 35.5. The quantitative estimate of drug-likeness (QED) is 0.298. The second-order valence-electron chi connectivity index (χ2n) is 7.42. The van der Waals surface area contributed by atoms with Crippen molar-refractivity contribution in [2.45, 2.75) is 9.79 Å². The number of benzene rings is 3. The van der Waals surface area contributed by atoms with Gasteiger partial charge in [0.25, 0.3) is 26.0 Å². The van der Waals surface area contributed by atoms with Gasteiger partial charge in [0.2, 0.25) is 0 Å². The molecule has 0 saturated heterocycles. The monoisotopic (exact) mass is 542 g/mol. The lowest BCUT2D eigenvalue weighted by Crippen LogP contribution is -2.17. The molecule has 0 spiro atoms. The molecular weight excluding hydrogens is 524 g/mol. The van der Waals surface area contributed by atoms with E-state index in [0.29, 0.717) is 11.4 Å². The van der Waals surface area contributed by atoms with Gasteiger partial charge in [-0.3, -0.25) is 14.2 Å². The number of para-hydroxylation sites is 1. The van der Waals surface area contributed by atoms with E-state index in [-0.39, 0.29) is 26.2 Å². The summed E-state index contributed by atoms with van der Waals surface area (Å²) in [5, 5.41) is 2.56. The molecule has 1 amide bonds. The number of aromatic nitrogens is 1. The van der Waals surface area contributed by atoms with Gasteiger partial charge in [0.05, 0.1) is 9.92 Å². The minimum atomic E-state index is -4.06. The molecule has 0 unspecified atom stereocenters. The number of nitrogens with zero attached hydrogens (tertiary/aromatic N) is 1.